The van der Waals surface area contributed by atoms with E-state index in [0.717, 1.165) is 36.0 Å². The van der Waals surface area contributed by atoms with Crippen LogP contribution in [0.4, 0.5) is 5.69 Å². The molecule has 3 rings (SSSR count). The minimum absolute atomic E-state index is 0.301. The van der Waals surface area contributed by atoms with Gasteiger partial charge in [-0.2, -0.15) is 0 Å². The number of hydrogen-bond donors (Lipinski definition) is 1. The third-order valence-corrected chi connectivity index (χ3v) is 5.37. The van der Waals surface area contributed by atoms with E-state index >= 15 is 0 Å². The van der Waals surface area contributed by atoms with Gasteiger partial charge in [-0.1, -0.05) is 24.4 Å². The van der Waals surface area contributed by atoms with E-state index in [-0.39, 0.29) is 0 Å². The largest absolute Gasteiger partial charge is 0.495 e. The van der Waals surface area contributed by atoms with Crippen molar-refractivity contribution in [2.75, 3.05) is 31.6 Å². The van der Waals surface area contributed by atoms with Crippen molar-refractivity contribution in [2.45, 2.75) is 44.6 Å². The molecule has 1 aliphatic carbocycles. The van der Waals surface area contributed by atoms with Crippen molar-refractivity contribution in [1.82, 2.24) is 5.32 Å². The molecule has 1 N–H and O–H groups in total. The Hall–Kier alpha value is -0.930. The van der Waals surface area contributed by atoms with Gasteiger partial charge in [0.15, 0.2) is 0 Å². The van der Waals surface area contributed by atoms with Crippen LogP contribution < -0.4 is 15.0 Å². The van der Waals surface area contributed by atoms with Gasteiger partial charge in [0.2, 0.25) is 0 Å². The van der Waals surface area contributed by atoms with Crippen LogP contribution in [0.5, 0.6) is 5.75 Å². The molecule has 1 heterocycles. The van der Waals surface area contributed by atoms with E-state index in [4.69, 9.17) is 16.3 Å². The zero-order valence-corrected chi connectivity index (χ0v) is 13.8. The van der Waals surface area contributed by atoms with Gasteiger partial charge in [0.1, 0.15) is 5.75 Å². The molecule has 4 heteroatoms. The fourth-order valence-electron chi connectivity index (χ4n) is 3.77. The maximum atomic E-state index is 6.25. The predicted octanol–water partition coefficient (Wildman–Crippen LogP) is 3.77. The highest BCUT2D eigenvalue weighted by atomic mass is 35.5. The van der Waals surface area contributed by atoms with E-state index in [1.165, 1.54) is 37.8 Å². The molecular formula is C17H25ClN2O. The minimum Gasteiger partial charge on any atom is -0.495 e. The summed E-state index contributed by atoms with van der Waals surface area (Å²) in [6, 6.07) is 4.13. The van der Waals surface area contributed by atoms with E-state index < -0.39 is 0 Å². The highest BCUT2D eigenvalue weighted by Crippen LogP contribution is 2.38. The summed E-state index contributed by atoms with van der Waals surface area (Å²) in [7, 11) is 1.73. The molecule has 0 amide bonds. The fourth-order valence-corrected chi connectivity index (χ4v) is 3.93. The quantitative estimate of drug-likeness (QED) is 0.900. The number of aryl methyl sites for hydroxylation is 1. The summed E-state index contributed by atoms with van der Waals surface area (Å²) in [5, 5.41) is 4.59. The average molecular weight is 309 g/mol. The Morgan fingerprint density at radius 3 is 2.71 bits per heavy atom. The second kappa shape index (κ2) is 6.05. The van der Waals surface area contributed by atoms with Gasteiger partial charge in [-0.05, 0) is 44.4 Å². The van der Waals surface area contributed by atoms with Crippen LogP contribution in [-0.2, 0) is 0 Å². The lowest BCUT2D eigenvalue weighted by Crippen LogP contribution is -2.49. The maximum absolute atomic E-state index is 6.25. The van der Waals surface area contributed by atoms with Crippen molar-refractivity contribution < 1.29 is 4.74 Å². The third-order valence-electron chi connectivity index (χ3n) is 4.96. The number of benzene rings is 1. The van der Waals surface area contributed by atoms with Crippen molar-refractivity contribution in [1.29, 1.82) is 0 Å². The maximum Gasteiger partial charge on any atom is 0.143 e. The zero-order chi connectivity index (χ0) is 14.9. The van der Waals surface area contributed by atoms with Crippen LogP contribution in [0.1, 0.15) is 37.7 Å². The van der Waals surface area contributed by atoms with Gasteiger partial charge in [0, 0.05) is 29.7 Å². The molecule has 2 aliphatic rings. The van der Waals surface area contributed by atoms with Gasteiger partial charge in [-0.25, -0.2) is 0 Å². The Morgan fingerprint density at radius 1 is 1.24 bits per heavy atom. The van der Waals surface area contributed by atoms with Crippen molar-refractivity contribution in [3.63, 3.8) is 0 Å². The van der Waals surface area contributed by atoms with Crippen molar-refractivity contribution in [3.05, 3.63) is 22.7 Å². The van der Waals surface area contributed by atoms with E-state index in [2.05, 4.69) is 23.2 Å². The number of halogens is 1. The lowest BCUT2D eigenvalue weighted by atomic mass is 9.97. The Morgan fingerprint density at radius 2 is 2.00 bits per heavy atom. The molecule has 1 aliphatic heterocycles. The van der Waals surface area contributed by atoms with Crippen LogP contribution in [0, 0.1) is 6.92 Å². The SMILES string of the molecule is COc1cc(Cl)c(C)cc1N1CCCNC2(CCCC2)C1. The molecule has 3 nitrogen and oxygen atoms in total. The van der Waals surface area contributed by atoms with Crippen molar-refractivity contribution in [2.24, 2.45) is 0 Å². The highest BCUT2D eigenvalue weighted by Gasteiger charge is 2.37. The predicted molar refractivity (Wildman–Crippen MR) is 88.8 cm³/mol. The zero-order valence-electron chi connectivity index (χ0n) is 13.0. The van der Waals surface area contributed by atoms with Crippen molar-refractivity contribution >= 4 is 17.3 Å². The number of nitrogens with one attached hydrogen (secondary N) is 1. The van der Waals surface area contributed by atoms with Gasteiger partial charge in [-0.15, -0.1) is 0 Å². The summed E-state index contributed by atoms with van der Waals surface area (Å²) in [4.78, 5) is 2.49. The van der Waals surface area contributed by atoms with Gasteiger partial charge in [-0.3, -0.25) is 0 Å². The smallest absolute Gasteiger partial charge is 0.143 e. The van der Waals surface area contributed by atoms with E-state index in [9.17, 15) is 0 Å². The van der Waals surface area contributed by atoms with Crippen LogP contribution in [0.2, 0.25) is 5.02 Å². The number of nitrogens with zero attached hydrogens (tertiary/aromatic N) is 1. The normalized spacial score (nSPS) is 21.6. The molecule has 1 saturated heterocycles. The number of ether oxygens (including phenoxy) is 1. The summed E-state index contributed by atoms with van der Waals surface area (Å²) in [5.41, 5.74) is 2.61. The minimum atomic E-state index is 0.301. The summed E-state index contributed by atoms with van der Waals surface area (Å²) in [6.45, 7) is 5.33. The van der Waals surface area contributed by atoms with Crippen LogP contribution >= 0.6 is 11.6 Å². The van der Waals surface area contributed by atoms with Gasteiger partial charge < -0.3 is 15.0 Å². The number of methoxy groups -OCH3 is 1. The summed E-state index contributed by atoms with van der Waals surface area (Å²) in [5.74, 6) is 0.889. The molecule has 0 bridgehead atoms. The molecule has 1 aromatic rings. The molecule has 1 aromatic carbocycles. The molecule has 0 atom stereocenters. The molecule has 1 saturated carbocycles. The molecule has 116 valence electrons. The third kappa shape index (κ3) is 3.00. The molecule has 21 heavy (non-hydrogen) atoms. The van der Waals surface area contributed by atoms with Crippen LogP contribution in [0.3, 0.4) is 0 Å². The first-order valence-electron chi connectivity index (χ1n) is 7.98. The van der Waals surface area contributed by atoms with E-state index in [1.54, 1.807) is 7.11 Å². The van der Waals surface area contributed by atoms with Crippen molar-refractivity contribution in [3.8, 4) is 5.75 Å². The van der Waals surface area contributed by atoms with Crippen LogP contribution in [0.25, 0.3) is 0 Å². The first-order chi connectivity index (χ1) is 10.1. The van der Waals surface area contributed by atoms with Crippen LogP contribution in [-0.4, -0.2) is 32.3 Å². The fraction of sp³-hybridized carbons (Fsp3) is 0.647. The Kier molecular flexibility index (Phi) is 4.32. The molecule has 1 spiro atoms. The molecule has 0 aromatic heterocycles. The number of anilines is 1. The second-order valence-corrected chi connectivity index (χ2v) is 6.87. The second-order valence-electron chi connectivity index (χ2n) is 6.46. The summed E-state index contributed by atoms with van der Waals surface area (Å²) < 4.78 is 5.58. The highest BCUT2D eigenvalue weighted by molar-refractivity contribution is 6.31. The summed E-state index contributed by atoms with van der Waals surface area (Å²) in [6.07, 6.45) is 6.44. The van der Waals surface area contributed by atoms with Gasteiger partial charge >= 0.3 is 0 Å². The Bertz CT molecular complexity index is 512. The van der Waals surface area contributed by atoms with Gasteiger partial charge in [0.25, 0.3) is 0 Å². The number of rotatable bonds is 2. The first kappa shape index (κ1) is 15.0. The van der Waals surface area contributed by atoms with Crippen LogP contribution in [0.15, 0.2) is 12.1 Å². The van der Waals surface area contributed by atoms with Gasteiger partial charge in [0.05, 0.1) is 12.8 Å². The first-order valence-corrected chi connectivity index (χ1v) is 8.35. The topological polar surface area (TPSA) is 24.5 Å². The Labute approximate surface area is 132 Å². The Balaban J connectivity index is 1.92. The van der Waals surface area contributed by atoms with E-state index in [0.29, 0.717) is 5.54 Å². The average Bonchev–Trinajstić information content (AvgIpc) is 2.82. The standard InChI is InChI=1S/C17H25ClN2O/c1-13-10-15(16(21-2)11-14(13)18)20-9-5-8-19-17(12-20)6-3-4-7-17/h10-11,19H,3-9,12H2,1-2H3. The molecular weight excluding hydrogens is 284 g/mol. The molecule has 2 fully saturated rings. The molecule has 0 radical (unpaired) electrons. The van der Waals surface area contributed by atoms with E-state index in [1.807, 2.05) is 6.07 Å². The summed E-state index contributed by atoms with van der Waals surface area (Å²) >= 11 is 6.25. The lowest BCUT2D eigenvalue weighted by molar-refractivity contribution is 0.353. The lowest BCUT2D eigenvalue weighted by Gasteiger charge is -2.35. The monoisotopic (exact) mass is 308 g/mol. The number of hydrogen-bond acceptors (Lipinski definition) is 3. The molecule has 0 unspecified atom stereocenters.